The molecular weight excluding hydrogens is 324 g/mol. The van der Waals surface area contributed by atoms with E-state index in [0.717, 1.165) is 0 Å². The van der Waals surface area contributed by atoms with Gasteiger partial charge in [-0.2, -0.15) is 0 Å². The molecule has 0 aliphatic heterocycles. The Morgan fingerprint density at radius 3 is 0.500 bits per heavy atom. The van der Waals surface area contributed by atoms with Gasteiger partial charge in [-0.25, -0.2) is 0 Å². The molecule has 0 radical (unpaired) electrons. The van der Waals surface area contributed by atoms with Gasteiger partial charge in [-0.3, -0.25) is 0 Å². The Kier molecular flexibility index (Phi) is 16.3. The molecule has 0 aliphatic carbocycles. The van der Waals surface area contributed by atoms with Crippen LogP contribution >= 0.6 is 60.6 Å². The molecule has 0 aromatic carbocycles. The maximum atomic E-state index is 4.89. The van der Waals surface area contributed by atoms with Crippen LogP contribution < -0.4 is 0 Å². The van der Waals surface area contributed by atoms with Crippen LogP contribution in [0.15, 0.2) is 0 Å². The van der Waals surface area contributed by atoms with Crippen LogP contribution in [0.25, 0.3) is 0 Å². The van der Waals surface area contributed by atoms with Gasteiger partial charge >= 0.3 is 82.9 Å². The van der Waals surface area contributed by atoms with Gasteiger partial charge in [0.2, 0.25) is 0 Å². The summed E-state index contributed by atoms with van der Waals surface area (Å²) in [6, 6.07) is 0. The van der Waals surface area contributed by atoms with Crippen molar-refractivity contribution in [1.29, 1.82) is 0 Å². The van der Waals surface area contributed by atoms with Crippen molar-refractivity contribution in [3.05, 3.63) is 0 Å². The Morgan fingerprint density at radius 2 is 0.500 bits per heavy atom. The second kappa shape index (κ2) is 9.78. The summed E-state index contributed by atoms with van der Waals surface area (Å²) in [5.41, 5.74) is 0. The first-order valence-electron chi connectivity index (χ1n) is 0.802. The molecule has 0 unspecified atom stereocenters. The first-order valence-corrected chi connectivity index (χ1v) is 9.92. The fourth-order valence-electron chi connectivity index (χ4n) is 0. The van der Waals surface area contributed by atoms with E-state index in [4.69, 9.17) is 60.6 Å². The van der Waals surface area contributed by atoms with Crippen molar-refractivity contribution in [2.45, 2.75) is 0 Å². The molecule has 0 heterocycles. The fourth-order valence-corrected chi connectivity index (χ4v) is 0. The Bertz CT molecular complexity index is 22.0. The number of halogens is 6. The Hall–Kier alpha value is 2.78. The quantitative estimate of drug-likeness (QED) is 0.588. The van der Waals surface area contributed by atoms with E-state index in [-0.39, 0.29) is 0 Å². The topological polar surface area (TPSA) is 0 Å². The van der Waals surface area contributed by atoms with Gasteiger partial charge in [0, 0.05) is 0 Å². The monoisotopic (exact) mass is 322 g/mol. The van der Waals surface area contributed by atoms with Crippen molar-refractivity contribution in [2.24, 2.45) is 0 Å². The third-order valence-corrected chi connectivity index (χ3v) is 0. The molecule has 0 spiro atoms. The normalized spacial score (nSPS) is 11.2. The van der Waals surface area contributed by atoms with Crippen molar-refractivity contribution in [2.75, 3.05) is 0 Å². The fraction of sp³-hybridized carbons (Fsp3) is 0. The molecule has 0 rings (SSSR count). The molecule has 0 N–H and O–H groups in total. The Balaban J connectivity index is 0. The van der Waals surface area contributed by atoms with Gasteiger partial charge in [0.15, 0.2) is 0 Å². The molecule has 0 amide bonds. The van der Waals surface area contributed by atoms with Crippen LogP contribution in [-0.4, -0.2) is 0 Å². The first-order chi connectivity index (χ1) is 3.46. The van der Waals surface area contributed by atoms with E-state index in [0.29, 0.717) is 0 Å². The molecule has 58 valence electrons. The summed E-state index contributed by atoms with van der Waals surface area (Å²) in [6.07, 6.45) is 0. The molecule has 8 heteroatoms. The van der Waals surface area contributed by atoms with E-state index in [9.17, 15) is 0 Å². The van der Waals surface area contributed by atoms with Gasteiger partial charge in [-0.05, 0) is 0 Å². The summed E-state index contributed by atoms with van der Waals surface area (Å²) in [5, 5.41) is 0. The van der Waals surface area contributed by atoms with E-state index in [1.807, 2.05) is 0 Å². The molecule has 0 saturated carbocycles. The van der Waals surface area contributed by atoms with E-state index < -0.39 is 22.3 Å². The summed E-state index contributed by atoms with van der Waals surface area (Å²) in [7, 11) is 29.3. The van der Waals surface area contributed by atoms with Crippen molar-refractivity contribution in [3.8, 4) is 0 Å². The maximum absolute atomic E-state index is 4.89. The Labute approximate surface area is 81.8 Å². The molecule has 0 atom stereocenters. The van der Waals surface area contributed by atoms with Crippen LogP contribution in [0.2, 0.25) is 0 Å². The van der Waals surface area contributed by atoms with Crippen molar-refractivity contribution >= 4 is 60.6 Å². The van der Waals surface area contributed by atoms with Gasteiger partial charge in [-0.15, -0.1) is 0 Å². The van der Waals surface area contributed by atoms with Gasteiger partial charge in [0.25, 0.3) is 0 Å². The zero-order chi connectivity index (χ0) is 7.15. The van der Waals surface area contributed by atoms with Crippen LogP contribution in [0.4, 0.5) is 0 Å². The third kappa shape index (κ3) is 68.8. The van der Waals surface area contributed by atoms with E-state index in [1.165, 1.54) is 0 Å². The molecule has 0 aliphatic rings. The molecule has 0 saturated heterocycles. The second-order valence-electron chi connectivity index (χ2n) is 0.303. The molecule has 0 aromatic heterocycles. The van der Waals surface area contributed by atoms with Gasteiger partial charge < -0.3 is 0 Å². The standard InChI is InChI=1S/6ClH.2Fe/h6*1H;;/q;;;;;;2*+3/p-6. The summed E-state index contributed by atoms with van der Waals surface area (Å²) in [4.78, 5) is 0. The van der Waals surface area contributed by atoms with E-state index in [1.54, 1.807) is 0 Å². The van der Waals surface area contributed by atoms with Crippen LogP contribution in [0, 0.1) is 0 Å². The van der Waals surface area contributed by atoms with E-state index >= 15 is 0 Å². The summed E-state index contributed by atoms with van der Waals surface area (Å²) in [6.45, 7) is 0. The molecule has 0 bridgehead atoms. The SMILES string of the molecule is [Cl][Fe]([Cl])[Cl].[Cl][Fe]([Cl])[Cl]. The van der Waals surface area contributed by atoms with Gasteiger partial charge in [-0.1, -0.05) is 0 Å². The van der Waals surface area contributed by atoms with E-state index in [2.05, 4.69) is 0 Å². The zero-order valence-corrected chi connectivity index (χ0v) is 9.72. The summed E-state index contributed by atoms with van der Waals surface area (Å²) in [5.74, 6) is 0. The zero-order valence-electron chi connectivity index (χ0n) is 2.97. The van der Waals surface area contributed by atoms with Crippen molar-refractivity contribution in [3.63, 3.8) is 0 Å². The molecule has 8 heavy (non-hydrogen) atoms. The van der Waals surface area contributed by atoms with Crippen LogP contribution in [0.5, 0.6) is 0 Å². The molecule has 0 nitrogen and oxygen atoms in total. The first kappa shape index (κ1) is 13.4. The predicted octanol–water partition coefficient (Wildman–Crippen LogP) is 4.13. The van der Waals surface area contributed by atoms with Crippen LogP contribution in [0.1, 0.15) is 0 Å². The molecule has 0 aromatic rings. The van der Waals surface area contributed by atoms with Crippen LogP contribution in [-0.2, 0) is 22.3 Å². The number of hydrogen-bond donors (Lipinski definition) is 0. The molecular formula is Cl6Fe2. The summed E-state index contributed by atoms with van der Waals surface area (Å²) < 4.78 is 0. The van der Waals surface area contributed by atoms with Crippen LogP contribution in [0.3, 0.4) is 0 Å². The second-order valence-corrected chi connectivity index (χ2v) is 11.2. The third-order valence-electron chi connectivity index (χ3n) is 0. The van der Waals surface area contributed by atoms with Gasteiger partial charge in [0.05, 0.1) is 0 Å². The Morgan fingerprint density at radius 1 is 0.500 bits per heavy atom. The minimum atomic E-state index is -1.33. The van der Waals surface area contributed by atoms with Crippen molar-refractivity contribution in [1.82, 2.24) is 0 Å². The van der Waals surface area contributed by atoms with Gasteiger partial charge in [0.1, 0.15) is 0 Å². The van der Waals surface area contributed by atoms with Crippen molar-refractivity contribution < 1.29 is 22.3 Å². The minimum absolute atomic E-state index is 1.33. The average molecular weight is 324 g/mol. The number of hydrogen-bond acceptors (Lipinski definition) is 0. The average Bonchev–Trinajstić information content (AvgIpc) is 1.25. The summed E-state index contributed by atoms with van der Waals surface area (Å²) >= 11 is -2.67. The molecule has 0 fully saturated rings. The number of rotatable bonds is 0. The predicted molar refractivity (Wildman–Crippen MR) is 35.1 cm³/mol.